The van der Waals surface area contributed by atoms with E-state index in [1.165, 1.54) is 0 Å². The van der Waals surface area contributed by atoms with Crippen LogP contribution in [0.1, 0.15) is 64.7 Å². The number of carbonyl (C=O) groups excluding carboxylic acids is 1. The molecule has 5 N–H and O–H groups in total. The van der Waals surface area contributed by atoms with E-state index in [9.17, 15) is 30.0 Å². The number of amides is 1. The molecule has 1 heterocycles. The van der Waals surface area contributed by atoms with Crippen molar-refractivity contribution in [3.05, 3.63) is 0 Å². The molecule has 7 heteroatoms. The summed E-state index contributed by atoms with van der Waals surface area (Å²) in [6, 6.07) is 0. The highest BCUT2D eigenvalue weighted by Gasteiger charge is 2.64. The van der Waals surface area contributed by atoms with Gasteiger partial charge in [0, 0.05) is 0 Å². The van der Waals surface area contributed by atoms with E-state index in [1.54, 1.807) is 0 Å². The minimum Gasteiger partial charge on any atom is -0.479 e. The second-order valence-electron chi connectivity index (χ2n) is 7.54. The van der Waals surface area contributed by atoms with Gasteiger partial charge in [0.15, 0.2) is 5.54 Å². The van der Waals surface area contributed by atoms with Gasteiger partial charge in [0.2, 0.25) is 5.91 Å². The van der Waals surface area contributed by atoms with Gasteiger partial charge in [0.05, 0.1) is 18.1 Å². The van der Waals surface area contributed by atoms with Gasteiger partial charge in [-0.1, -0.05) is 45.4 Å². The molecule has 0 aromatic heterocycles. The topological polar surface area (TPSA) is 127 Å². The van der Waals surface area contributed by atoms with Crippen LogP contribution in [0.3, 0.4) is 0 Å². The highest BCUT2D eigenvalue weighted by Crippen LogP contribution is 2.39. The highest BCUT2D eigenvalue weighted by molar-refractivity contribution is 5.94. The third kappa shape index (κ3) is 3.83. The number of carboxylic acids is 1. The number of aliphatic carboxylic acids is 1. The van der Waals surface area contributed by atoms with Crippen LogP contribution in [-0.4, -0.2) is 56.2 Å². The van der Waals surface area contributed by atoms with Crippen molar-refractivity contribution in [2.45, 2.75) is 88.6 Å². The molecule has 1 saturated heterocycles. The Balaban J connectivity index is 2.20. The lowest BCUT2D eigenvalue weighted by molar-refractivity contribution is -0.161. The third-order valence-corrected chi connectivity index (χ3v) is 5.87. The summed E-state index contributed by atoms with van der Waals surface area (Å²) in [5.74, 6) is -3.66. The van der Waals surface area contributed by atoms with Crippen molar-refractivity contribution < 1.29 is 30.0 Å². The average molecular weight is 357 g/mol. The summed E-state index contributed by atoms with van der Waals surface area (Å²) < 4.78 is 0. The van der Waals surface area contributed by atoms with Crippen molar-refractivity contribution in [1.29, 1.82) is 0 Å². The van der Waals surface area contributed by atoms with Gasteiger partial charge in [-0.15, -0.1) is 0 Å². The maximum Gasteiger partial charge on any atom is 0.334 e. The molecular formula is C18H31NO6. The predicted octanol–water partition coefficient (Wildman–Crippen LogP) is 0.799. The van der Waals surface area contributed by atoms with Gasteiger partial charge in [0.1, 0.15) is 6.10 Å². The molecule has 1 aliphatic carbocycles. The molecule has 1 saturated carbocycles. The number of aliphatic hydroxyl groups is 3. The minimum absolute atomic E-state index is 0.282. The van der Waals surface area contributed by atoms with Crippen molar-refractivity contribution in [1.82, 2.24) is 5.32 Å². The summed E-state index contributed by atoms with van der Waals surface area (Å²) >= 11 is 0. The van der Waals surface area contributed by atoms with Crippen molar-refractivity contribution in [2.75, 3.05) is 0 Å². The molecular weight excluding hydrogens is 326 g/mol. The smallest absolute Gasteiger partial charge is 0.334 e. The molecule has 25 heavy (non-hydrogen) atoms. The van der Waals surface area contributed by atoms with E-state index in [0.29, 0.717) is 25.7 Å². The molecule has 7 nitrogen and oxygen atoms in total. The molecule has 2 fully saturated rings. The summed E-state index contributed by atoms with van der Waals surface area (Å²) in [4.78, 5) is 24.3. The SMILES string of the molecule is CCCCCC(O)[C@H]1C(=O)N[C@](C(=O)O)([C@@H](O)C2CCCCC2)[C@H]1O. The molecule has 0 aromatic carbocycles. The molecule has 0 radical (unpaired) electrons. The zero-order valence-corrected chi connectivity index (χ0v) is 14.9. The summed E-state index contributed by atoms with van der Waals surface area (Å²) in [5, 5.41) is 43.9. The second kappa shape index (κ2) is 8.47. The number of hydrogen-bond donors (Lipinski definition) is 5. The van der Waals surface area contributed by atoms with Crippen LogP contribution in [-0.2, 0) is 9.59 Å². The average Bonchev–Trinajstić information content (AvgIpc) is 2.87. The molecule has 1 amide bonds. The Hall–Kier alpha value is -1.18. The lowest BCUT2D eigenvalue weighted by atomic mass is 9.73. The first-order valence-electron chi connectivity index (χ1n) is 9.45. The second-order valence-corrected chi connectivity index (χ2v) is 7.54. The van der Waals surface area contributed by atoms with Crippen LogP contribution < -0.4 is 5.32 Å². The van der Waals surface area contributed by atoms with Crippen molar-refractivity contribution in [2.24, 2.45) is 11.8 Å². The van der Waals surface area contributed by atoms with Crippen LogP contribution in [0.15, 0.2) is 0 Å². The number of nitrogens with one attached hydrogen (secondary N) is 1. The monoisotopic (exact) mass is 357 g/mol. The largest absolute Gasteiger partial charge is 0.479 e. The molecule has 2 aliphatic rings. The number of unbranched alkanes of at least 4 members (excludes halogenated alkanes) is 2. The van der Waals surface area contributed by atoms with Crippen LogP contribution in [0.25, 0.3) is 0 Å². The molecule has 144 valence electrons. The van der Waals surface area contributed by atoms with Gasteiger partial charge < -0.3 is 25.7 Å². The van der Waals surface area contributed by atoms with Crippen LogP contribution >= 0.6 is 0 Å². The lowest BCUT2D eigenvalue weighted by Crippen LogP contribution is -2.65. The Morgan fingerprint density at radius 1 is 1.24 bits per heavy atom. The van der Waals surface area contributed by atoms with Crippen LogP contribution in [0.5, 0.6) is 0 Å². The molecule has 0 bridgehead atoms. The van der Waals surface area contributed by atoms with Gasteiger partial charge in [-0.3, -0.25) is 4.79 Å². The lowest BCUT2D eigenvalue weighted by Gasteiger charge is -2.39. The first-order valence-corrected chi connectivity index (χ1v) is 9.45. The van der Waals surface area contributed by atoms with Gasteiger partial charge in [0.25, 0.3) is 0 Å². The fourth-order valence-electron chi connectivity index (χ4n) is 4.33. The van der Waals surface area contributed by atoms with Crippen molar-refractivity contribution in [3.8, 4) is 0 Å². The zero-order chi connectivity index (χ0) is 18.6. The van der Waals surface area contributed by atoms with E-state index in [0.717, 1.165) is 32.1 Å². The first kappa shape index (κ1) is 20.1. The Kier molecular flexibility index (Phi) is 6.82. The standard InChI is InChI=1S/C18H31NO6/c1-2-3-5-10-12(20)13-15(22)18(17(24)25,19-16(13)23)14(21)11-8-6-4-7-9-11/h11-15,20-22H,2-10H2,1H3,(H,19,23)(H,24,25)/t12?,13-,14+,15+,18-/m1/s1. The summed E-state index contributed by atoms with van der Waals surface area (Å²) in [6.45, 7) is 2.01. The van der Waals surface area contributed by atoms with E-state index in [-0.39, 0.29) is 5.92 Å². The fraction of sp³-hybridized carbons (Fsp3) is 0.889. The number of rotatable bonds is 8. The molecule has 5 atom stereocenters. The quantitative estimate of drug-likeness (QED) is 0.409. The van der Waals surface area contributed by atoms with E-state index in [4.69, 9.17) is 0 Å². The van der Waals surface area contributed by atoms with E-state index in [1.807, 2.05) is 6.92 Å². The number of hydrogen-bond acceptors (Lipinski definition) is 5. The van der Waals surface area contributed by atoms with Gasteiger partial charge in [-0.05, 0) is 25.2 Å². The summed E-state index contributed by atoms with van der Waals surface area (Å²) in [7, 11) is 0. The van der Waals surface area contributed by atoms with E-state index >= 15 is 0 Å². The highest BCUT2D eigenvalue weighted by atomic mass is 16.4. The van der Waals surface area contributed by atoms with Gasteiger partial charge in [-0.2, -0.15) is 0 Å². The normalized spacial score (nSPS) is 33.0. The fourth-order valence-corrected chi connectivity index (χ4v) is 4.33. The van der Waals surface area contributed by atoms with Gasteiger partial charge in [-0.25, -0.2) is 4.79 Å². The molecule has 0 spiro atoms. The summed E-state index contributed by atoms with van der Waals surface area (Å²) in [5.41, 5.74) is -2.14. The summed E-state index contributed by atoms with van der Waals surface area (Å²) in [6.07, 6.45) is 2.85. The Bertz CT molecular complexity index is 478. The van der Waals surface area contributed by atoms with Crippen molar-refractivity contribution in [3.63, 3.8) is 0 Å². The Morgan fingerprint density at radius 2 is 1.88 bits per heavy atom. The molecule has 1 aliphatic heterocycles. The number of aliphatic hydroxyl groups excluding tert-OH is 3. The maximum absolute atomic E-state index is 12.4. The maximum atomic E-state index is 12.4. The Morgan fingerprint density at radius 3 is 2.44 bits per heavy atom. The van der Waals surface area contributed by atoms with Crippen LogP contribution in [0, 0.1) is 11.8 Å². The van der Waals surface area contributed by atoms with Gasteiger partial charge >= 0.3 is 5.97 Å². The molecule has 2 rings (SSSR count). The van der Waals surface area contributed by atoms with Crippen LogP contribution in [0.4, 0.5) is 0 Å². The first-order chi connectivity index (χ1) is 11.9. The zero-order valence-electron chi connectivity index (χ0n) is 14.9. The minimum atomic E-state index is -2.14. The predicted molar refractivity (Wildman–Crippen MR) is 90.7 cm³/mol. The van der Waals surface area contributed by atoms with Crippen LogP contribution in [0.2, 0.25) is 0 Å². The number of carbonyl (C=O) groups is 2. The Labute approximate surface area is 148 Å². The molecule has 1 unspecified atom stereocenters. The van der Waals surface area contributed by atoms with E-state index in [2.05, 4.69) is 5.32 Å². The number of carboxylic acid groups (broad SMARTS) is 1. The third-order valence-electron chi connectivity index (χ3n) is 5.87. The molecule has 0 aromatic rings. The van der Waals surface area contributed by atoms with Crippen molar-refractivity contribution >= 4 is 11.9 Å². The van der Waals surface area contributed by atoms with E-state index < -0.39 is 41.6 Å².